The van der Waals surface area contributed by atoms with Crippen LogP contribution in [0.1, 0.15) is 284 Å². The van der Waals surface area contributed by atoms with Gasteiger partial charge in [-0.1, -0.05) is 295 Å². The predicted molar refractivity (Wildman–Crippen MR) is 357 cm³/mol. The Labute approximate surface area is 510 Å². The Balaban J connectivity index is 3.85. The molecule has 0 amide bonds. The second-order valence-corrected chi connectivity index (χ2v) is 23.4. The topological polar surface area (TPSA) is 134 Å². The third-order valence-corrected chi connectivity index (χ3v) is 15.0. The molecule has 10 heteroatoms. The molecule has 3 N–H and O–H groups in total. The van der Waals surface area contributed by atoms with Crippen LogP contribution in [0.25, 0.3) is 0 Å². The minimum Gasteiger partial charge on any atom is -0.462 e. The van der Waals surface area contributed by atoms with Gasteiger partial charge < -0.3 is 20.1 Å². The van der Waals surface area contributed by atoms with E-state index in [9.17, 15) is 19.0 Å². The Morgan fingerprint density at radius 1 is 0.361 bits per heavy atom. The fourth-order valence-electron chi connectivity index (χ4n) is 9.14. The highest BCUT2D eigenvalue weighted by molar-refractivity contribution is 7.47. The van der Waals surface area contributed by atoms with Crippen molar-refractivity contribution >= 4 is 19.8 Å². The molecule has 0 spiro atoms. The number of ether oxygens (including phenoxy) is 2. The van der Waals surface area contributed by atoms with E-state index in [-0.39, 0.29) is 32.6 Å². The Morgan fingerprint density at radius 3 is 0.928 bits per heavy atom. The second kappa shape index (κ2) is 67.3. The summed E-state index contributed by atoms with van der Waals surface area (Å²) in [6, 6.07) is 0. The largest absolute Gasteiger partial charge is 0.472 e. The lowest BCUT2D eigenvalue weighted by atomic mass is 10.0. The molecule has 0 aliphatic carbocycles. The summed E-state index contributed by atoms with van der Waals surface area (Å²) in [5.74, 6) is -0.847. The number of phosphoric acid groups is 1. The van der Waals surface area contributed by atoms with E-state index < -0.39 is 32.5 Å². The first-order chi connectivity index (χ1) is 40.8. The zero-order valence-electron chi connectivity index (χ0n) is 53.1. The van der Waals surface area contributed by atoms with E-state index >= 15 is 0 Å². The number of allylic oxidation sites excluding steroid dienone is 22. The van der Waals surface area contributed by atoms with Gasteiger partial charge in [0, 0.05) is 19.4 Å². The first-order valence-corrected chi connectivity index (χ1v) is 35.2. The number of hydrogen-bond acceptors (Lipinski definition) is 8. The predicted octanol–water partition coefficient (Wildman–Crippen LogP) is 22.1. The number of nitrogens with two attached hydrogens (primary N) is 1. The highest BCUT2D eigenvalue weighted by Crippen LogP contribution is 2.43. The number of hydrogen-bond donors (Lipinski definition) is 2. The van der Waals surface area contributed by atoms with Gasteiger partial charge in [0.1, 0.15) is 6.61 Å². The van der Waals surface area contributed by atoms with Crippen LogP contribution >= 0.6 is 7.82 Å². The van der Waals surface area contributed by atoms with Gasteiger partial charge in [-0.2, -0.15) is 0 Å². The van der Waals surface area contributed by atoms with E-state index in [1.807, 2.05) is 0 Å². The molecule has 0 aromatic heterocycles. The van der Waals surface area contributed by atoms with Gasteiger partial charge in [0.2, 0.25) is 0 Å². The normalized spacial score (nSPS) is 13.8. The van der Waals surface area contributed by atoms with Crippen molar-refractivity contribution in [2.45, 2.75) is 290 Å². The summed E-state index contributed by atoms with van der Waals surface area (Å²) in [6.07, 6.45) is 95.4. The van der Waals surface area contributed by atoms with Crippen molar-refractivity contribution < 1.29 is 37.6 Å². The van der Waals surface area contributed by atoms with E-state index in [0.29, 0.717) is 12.8 Å². The molecule has 83 heavy (non-hydrogen) atoms. The van der Waals surface area contributed by atoms with Gasteiger partial charge in [0.05, 0.1) is 13.2 Å². The van der Waals surface area contributed by atoms with E-state index in [0.717, 1.165) is 122 Å². The Morgan fingerprint density at radius 2 is 0.627 bits per heavy atom. The van der Waals surface area contributed by atoms with Crippen LogP contribution in [0.5, 0.6) is 0 Å². The summed E-state index contributed by atoms with van der Waals surface area (Å²) in [5.41, 5.74) is 5.39. The lowest BCUT2D eigenvalue weighted by molar-refractivity contribution is -0.161. The van der Waals surface area contributed by atoms with Crippen molar-refractivity contribution in [1.29, 1.82) is 0 Å². The molecule has 0 aromatic rings. The van der Waals surface area contributed by atoms with Gasteiger partial charge in [0.15, 0.2) is 6.10 Å². The lowest BCUT2D eigenvalue weighted by Crippen LogP contribution is -2.29. The molecule has 0 aromatic carbocycles. The van der Waals surface area contributed by atoms with Crippen LogP contribution in [-0.4, -0.2) is 49.3 Å². The first-order valence-electron chi connectivity index (χ1n) is 33.7. The summed E-state index contributed by atoms with van der Waals surface area (Å²) in [7, 11) is -4.40. The highest BCUT2D eigenvalue weighted by atomic mass is 31.2. The van der Waals surface area contributed by atoms with Crippen LogP contribution in [0.2, 0.25) is 0 Å². The number of carbonyl (C=O) groups is 2. The second-order valence-electron chi connectivity index (χ2n) is 21.9. The smallest absolute Gasteiger partial charge is 0.462 e. The molecule has 0 bridgehead atoms. The maximum atomic E-state index is 12.7. The average Bonchev–Trinajstić information content (AvgIpc) is 3.49. The summed E-state index contributed by atoms with van der Waals surface area (Å²) in [4.78, 5) is 35.3. The van der Waals surface area contributed by atoms with Gasteiger partial charge in [-0.25, -0.2) is 4.57 Å². The number of unbranched alkanes of at least 4 members (excludes halogenated alkanes) is 27. The maximum absolute atomic E-state index is 12.7. The maximum Gasteiger partial charge on any atom is 0.472 e. The molecule has 0 fully saturated rings. The molecular formula is C73H124NO8P. The summed E-state index contributed by atoms with van der Waals surface area (Å²) >= 11 is 0. The monoisotopic (exact) mass is 1170 g/mol. The molecule has 9 nitrogen and oxygen atoms in total. The van der Waals surface area contributed by atoms with Crippen molar-refractivity contribution in [2.75, 3.05) is 26.4 Å². The minimum absolute atomic E-state index is 0.0461. The third-order valence-electron chi connectivity index (χ3n) is 14.0. The molecule has 0 heterocycles. The molecule has 0 radical (unpaired) electrons. The van der Waals surface area contributed by atoms with Gasteiger partial charge in [-0.3, -0.25) is 18.6 Å². The zero-order chi connectivity index (χ0) is 60.1. The van der Waals surface area contributed by atoms with Gasteiger partial charge in [-0.05, 0) is 109 Å². The van der Waals surface area contributed by atoms with E-state index in [4.69, 9.17) is 24.3 Å². The fraction of sp³-hybridized carbons (Fsp3) is 0.671. The van der Waals surface area contributed by atoms with Crippen molar-refractivity contribution in [3.8, 4) is 0 Å². The Bertz CT molecular complexity index is 1820. The fourth-order valence-corrected chi connectivity index (χ4v) is 9.90. The average molecular weight is 1170 g/mol. The van der Waals surface area contributed by atoms with Crippen molar-refractivity contribution in [2.24, 2.45) is 5.73 Å². The van der Waals surface area contributed by atoms with Crippen molar-refractivity contribution in [3.05, 3.63) is 134 Å². The van der Waals surface area contributed by atoms with Gasteiger partial charge in [-0.15, -0.1) is 0 Å². The molecule has 0 aliphatic rings. The molecule has 0 rings (SSSR count). The van der Waals surface area contributed by atoms with Crippen LogP contribution < -0.4 is 5.73 Å². The molecule has 0 saturated carbocycles. The molecule has 0 saturated heterocycles. The van der Waals surface area contributed by atoms with Crippen molar-refractivity contribution in [1.82, 2.24) is 0 Å². The Kier molecular flexibility index (Phi) is 64.2. The van der Waals surface area contributed by atoms with Crippen LogP contribution in [-0.2, 0) is 32.7 Å². The van der Waals surface area contributed by atoms with E-state index in [1.54, 1.807) is 0 Å². The van der Waals surface area contributed by atoms with Crippen molar-refractivity contribution in [3.63, 3.8) is 0 Å². The SMILES string of the molecule is CC/C=C\C/C=C\C/C=C\C/C=C\C/C=C\C/C=C\CCCCCCCCCCCCCCCCCCCCCCCCC(=O)OC(COC(=O)CCCCCCC/C=C\C/C=C\C/C=C\C/C=C\C/C=C\CC)COP(=O)(O)OCCN. The number of phosphoric ester groups is 1. The highest BCUT2D eigenvalue weighted by Gasteiger charge is 2.26. The number of carbonyl (C=O) groups excluding carboxylic acids is 2. The molecule has 2 unspecified atom stereocenters. The standard InChI is InChI=1S/C73H124NO8P/c1-3-5-7-9-11-13-15-17-19-21-23-25-26-27-28-29-30-31-32-33-34-35-36-37-38-39-40-41-42-43-44-46-48-50-52-54-56-58-60-62-64-66-73(76)82-71(70-81-83(77,78)80-68-67-74)69-79-72(75)65-63-61-59-57-55-53-51-49-47-45-24-22-20-18-16-14-12-10-8-6-4-2/h5-8,11-14,17-20,23-25,27-28,30-31,45,49,51,71H,3-4,9-10,15-16,21-22,26,29,32-44,46-48,50,52-70,74H2,1-2H3,(H,77,78)/b7-5-,8-6-,13-11-,14-12-,19-17-,20-18-,25-23-,28-27-,31-30-,45-24-,51-49-. The lowest BCUT2D eigenvalue weighted by Gasteiger charge is -2.19. The summed E-state index contributed by atoms with van der Waals surface area (Å²) in [6.45, 7) is 3.50. The van der Waals surface area contributed by atoms with Crippen LogP contribution in [0.4, 0.5) is 0 Å². The summed E-state index contributed by atoms with van der Waals surface area (Å²) in [5, 5.41) is 0. The quantitative estimate of drug-likeness (QED) is 0.0264. The first kappa shape index (κ1) is 79.2. The molecule has 474 valence electrons. The minimum atomic E-state index is -4.40. The molecule has 2 atom stereocenters. The Hall–Kier alpha value is -3.85. The van der Waals surface area contributed by atoms with Crippen LogP contribution in [0.3, 0.4) is 0 Å². The van der Waals surface area contributed by atoms with E-state index in [1.165, 1.54) is 122 Å². The molecule has 0 aliphatic heterocycles. The molecular weight excluding hydrogens is 1050 g/mol. The van der Waals surface area contributed by atoms with Gasteiger partial charge in [0.25, 0.3) is 0 Å². The number of esters is 2. The van der Waals surface area contributed by atoms with Crippen LogP contribution in [0.15, 0.2) is 134 Å². The number of rotatable bonds is 62. The van der Waals surface area contributed by atoms with E-state index in [2.05, 4.69) is 148 Å². The van der Waals surface area contributed by atoms with Gasteiger partial charge >= 0.3 is 19.8 Å². The zero-order valence-corrected chi connectivity index (χ0v) is 54.0. The summed E-state index contributed by atoms with van der Waals surface area (Å²) < 4.78 is 33.1. The third kappa shape index (κ3) is 67.2. The van der Waals surface area contributed by atoms with Crippen LogP contribution in [0, 0.1) is 0 Å².